The van der Waals surface area contributed by atoms with Crippen molar-refractivity contribution in [2.24, 2.45) is 0 Å². The van der Waals surface area contributed by atoms with Crippen LogP contribution in [0.15, 0.2) is 70.7 Å². The van der Waals surface area contributed by atoms with Gasteiger partial charge in [-0.05, 0) is 48.0 Å². The third-order valence-electron chi connectivity index (χ3n) is 4.07. The highest BCUT2D eigenvalue weighted by molar-refractivity contribution is 7.99. The van der Waals surface area contributed by atoms with E-state index < -0.39 is 0 Å². The van der Waals surface area contributed by atoms with Crippen molar-refractivity contribution in [1.82, 2.24) is 10.3 Å². The Bertz CT molecular complexity index is 1040. The molecule has 1 aromatic heterocycles. The highest BCUT2D eigenvalue weighted by atomic mass is 35.5. The zero-order chi connectivity index (χ0) is 18.8. The molecule has 2 amide bonds. The number of hydrogen-bond donors (Lipinski definition) is 2. The maximum absolute atomic E-state index is 12.5. The third kappa shape index (κ3) is 3.82. The number of anilines is 1. The number of aromatic nitrogens is 1. The van der Waals surface area contributed by atoms with E-state index in [9.17, 15) is 9.59 Å². The van der Waals surface area contributed by atoms with Crippen molar-refractivity contribution in [2.45, 2.75) is 16.3 Å². The molecule has 0 spiro atoms. The summed E-state index contributed by atoms with van der Waals surface area (Å²) < 4.78 is 0. The van der Waals surface area contributed by atoms with E-state index in [2.05, 4.69) is 15.6 Å². The van der Waals surface area contributed by atoms with E-state index in [0.717, 1.165) is 15.4 Å². The summed E-state index contributed by atoms with van der Waals surface area (Å²) in [5, 5.41) is 6.30. The molecule has 0 bridgehead atoms. The number of carbonyl (C=O) groups is 2. The van der Waals surface area contributed by atoms with Crippen LogP contribution in [0.25, 0.3) is 0 Å². The van der Waals surface area contributed by atoms with Crippen molar-refractivity contribution in [1.29, 1.82) is 0 Å². The van der Waals surface area contributed by atoms with Crippen molar-refractivity contribution in [3.8, 4) is 0 Å². The number of benzene rings is 2. The molecule has 0 unspecified atom stereocenters. The summed E-state index contributed by atoms with van der Waals surface area (Å²) in [7, 11) is 0. The Kier molecular flexibility index (Phi) is 4.83. The lowest BCUT2D eigenvalue weighted by Crippen LogP contribution is -2.23. The minimum atomic E-state index is -0.221. The van der Waals surface area contributed by atoms with E-state index >= 15 is 0 Å². The Morgan fingerprint density at radius 1 is 1.15 bits per heavy atom. The maximum atomic E-state index is 12.5. The van der Waals surface area contributed by atoms with E-state index in [-0.39, 0.29) is 11.8 Å². The molecule has 7 heteroatoms. The fourth-order valence-corrected chi connectivity index (χ4v) is 4.01. The largest absolute Gasteiger partial charge is 0.348 e. The number of amides is 2. The fourth-order valence-electron chi connectivity index (χ4n) is 2.72. The molecule has 0 saturated carbocycles. The topological polar surface area (TPSA) is 71.1 Å². The normalized spacial score (nSPS) is 12.4. The van der Waals surface area contributed by atoms with Crippen LogP contribution in [0.4, 0.5) is 5.69 Å². The highest BCUT2D eigenvalue weighted by Crippen LogP contribution is 2.40. The van der Waals surface area contributed by atoms with Gasteiger partial charge in [-0.2, -0.15) is 0 Å². The maximum Gasteiger partial charge on any atom is 0.256 e. The molecule has 134 valence electrons. The van der Waals surface area contributed by atoms with Gasteiger partial charge in [-0.15, -0.1) is 0 Å². The Labute approximate surface area is 165 Å². The molecular weight excluding hydrogens is 382 g/mol. The number of fused-ring (bicyclic) bond motifs is 2. The van der Waals surface area contributed by atoms with E-state index in [4.69, 9.17) is 11.6 Å². The molecule has 0 aliphatic carbocycles. The van der Waals surface area contributed by atoms with Gasteiger partial charge in [0.25, 0.3) is 11.8 Å². The van der Waals surface area contributed by atoms with Crippen molar-refractivity contribution >= 4 is 40.9 Å². The highest BCUT2D eigenvalue weighted by Gasteiger charge is 2.21. The van der Waals surface area contributed by atoms with E-state index in [1.165, 1.54) is 11.8 Å². The van der Waals surface area contributed by atoms with Gasteiger partial charge in [-0.3, -0.25) is 14.6 Å². The summed E-state index contributed by atoms with van der Waals surface area (Å²) in [6.07, 6.45) is 3.39. The summed E-state index contributed by atoms with van der Waals surface area (Å²) >= 11 is 7.50. The predicted molar refractivity (Wildman–Crippen MR) is 105 cm³/mol. The van der Waals surface area contributed by atoms with Crippen molar-refractivity contribution < 1.29 is 9.59 Å². The van der Waals surface area contributed by atoms with Gasteiger partial charge in [0.05, 0.1) is 11.3 Å². The van der Waals surface area contributed by atoms with Crippen molar-refractivity contribution in [3.63, 3.8) is 0 Å². The standard InChI is InChI=1S/C20H14ClN3O2S/c21-14-4-5-15-18(9-14)27-17-6-3-13(8-16(17)24-20(15)26)19(25)23-11-12-2-1-7-22-10-12/h1-10H,11H2,(H,23,25)(H,24,26). The zero-order valence-electron chi connectivity index (χ0n) is 14.0. The molecule has 3 aromatic rings. The van der Waals surface area contributed by atoms with Crippen LogP contribution in [0.1, 0.15) is 26.3 Å². The van der Waals surface area contributed by atoms with Crippen LogP contribution in [0.3, 0.4) is 0 Å². The molecule has 0 atom stereocenters. The van der Waals surface area contributed by atoms with Gasteiger partial charge in [-0.1, -0.05) is 29.4 Å². The van der Waals surface area contributed by atoms with Crippen LogP contribution in [-0.4, -0.2) is 16.8 Å². The molecular formula is C20H14ClN3O2S. The SMILES string of the molecule is O=C(NCc1cccnc1)c1ccc2c(c1)NC(=O)c1ccc(Cl)cc1S2. The summed E-state index contributed by atoms with van der Waals surface area (Å²) in [5.74, 6) is -0.438. The summed E-state index contributed by atoms with van der Waals surface area (Å²) in [4.78, 5) is 30.6. The second-order valence-corrected chi connectivity index (χ2v) is 7.47. The Morgan fingerprint density at radius 2 is 2.04 bits per heavy atom. The second kappa shape index (κ2) is 7.42. The van der Waals surface area contributed by atoms with Crippen LogP contribution in [0.2, 0.25) is 5.02 Å². The van der Waals surface area contributed by atoms with Crippen molar-refractivity contribution in [2.75, 3.05) is 5.32 Å². The third-order valence-corrected chi connectivity index (χ3v) is 5.44. The molecule has 5 nitrogen and oxygen atoms in total. The lowest BCUT2D eigenvalue weighted by Gasteiger charge is -2.10. The molecule has 1 aliphatic heterocycles. The van der Waals surface area contributed by atoms with Crippen LogP contribution in [0.5, 0.6) is 0 Å². The van der Waals surface area contributed by atoms with Gasteiger partial charge < -0.3 is 10.6 Å². The monoisotopic (exact) mass is 395 g/mol. The molecule has 0 saturated heterocycles. The van der Waals surface area contributed by atoms with Gasteiger partial charge in [0.2, 0.25) is 0 Å². The van der Waals surface area contributed by atoms with Gasteiger partial charge in [0.1, 0.15) is 0 Å². The van der Waals surface area contributed by atoms with Crippen LogP contribution in [-0.2, 0) is 6.54 Å². The zero-order valence-corrected chi connectivity index (χ0v) is 15.6. The molecule has 2 N–H and O–H groups in total. The van der Waals surface area contributed by atoms with Crippen molar-refractivity contribution in [3.05, 3.63) is 82.6 Å². The smallest absolute Gasteiger partial charge is 0.256 e. The second-order valence-electron chi connectivity index (χ2n) is 5.95. The number of nitrogens with one attached hydrogen (secondary N) is 2. The first-order chi connectivity index (χ1) is 13.1. The van der Waals surface area contributed by atoms with Gasteiger partial charge in [0, 0.05) is 39.3 Å². The first-order valence-electron chi connectivity index (χ1n) is 8.20. The summed E-state index contributed by atoms with van der Waals surface area (Å²) in [6.45, 7) is 0.384. The average molecular weight is 396 g/mol. The molecule has 1 aliphatic rings. The number of halogens is 1. The quantitative estimate of drug-likeness (QED) is 0.690. The molecule has 0 fully saturated rings. The number of carbonyl (C=O) groups excluding carboxylic acids is 2. The lowest BCUT2D eigenvalue weighted by atomic mass is 10.1. The first kappa shape index (κ1) is 17.6. The molecule has 27 heavy (non-hydrogen) atoms. The minimum Gasteiger partial charge on any atom is -0.348 e. The number of pyridine rings is 1. The lowest BCUT2D eigenvalue weighted by molar-refractivity contribution is 0.0949. The Balaban J connectivity index is 1.56. The minimum absolute atomic E-state index is 0.217. The Hall–Kier alpha value is -2.83. The van der Waals surface area contributed by atoms with Gasteiger partial charge >= 0.3 is 0 Å². The average Bonchev–Trinajstić information content (AvgIpc) is 2.81. The Morgan fingerprint density at radius 3 is 2.85 bits per heavy atom. The molecule has 2 heterocycles. The summed E-state index contributed by atoms with van der Waals surface area (Å²) in [6, 6.07) is 14.1. The molecule has 0 radical (unpaired) electrons. The summed E-state index contributed by atoms with van der Waals surface area (Å²) in [5.41, 5.74) is 2.55. The van der Waals surface area contributed by atoms with Gasteiger partial charge in [-0.25, -0.2) is 0 Å². The predicted octanol–water partition coefficient (Wildman–Crippen LogP) is 4.38. The fraction of sp³-hybridized carbons (Fsp3) is 0.0500. The molecule has 4 rings (SSSR count). The van der Waals surface area contributed by atoms with E-state index in [0.29, 0.717) is 28.4 Å². The number of nitrogens with zero attached hydrogens (tertiary/aromatic N) is 1. The number of rotatable bonds is 3. The van der Waals surface area contributed by atoms with E-state index in [1.807, 2.05) is 18.2 Å². The molecule has 2 aromatic carbocycles. The van der Waals surface area contributed by atoms with Crippen LogP contribution in [0, 0.1) is 0 Å². The van der Waals surface area contributed by atoms with Gasteiger partial charge in [0.15, 0.2) is 0 Å². The van der Waals surface area contributed by atoms with Crippen LogP contribution < -0.4 is 10.6 Å². The van der Waals surface area contributed by atoms with E-state index in [1.54, 1.807) is 42.7 Å². The number of hydrogen-bond acceptors (Lipinski definition) is 4. The van der Waals surface area contributed by atoms with Crippen LogP contribution >= 0.6 is 23.4 Å². The first-order valence-corrected chi connectivity index (χ1v) is 9.39.